The van der Waals surface area contributed by atoms with Crippen molar-refractivity contribution in [2.45, 2.75) is 45.3 Å². The Morgan fingerprint density at radius 2 is 1.73 bits per heavy atom. The first-order chi connectivity index (χ1) is 15.8. The second-order valence-corrected chi connectivity index (χ2v) is 9.18. The molecule has 2 heterocycles. The van der Waals surface area contributed by atoms with Crippen molar-refractivity contribution in [1.29, 1.82) is 0 Å². The number of imidazole rings is 1. The number of H-pyrrole nitrogens is 1. The number of hydrogen-bond acceptors (Lipinski definition) is 4. The van der Waals surface area contributed by atoms with Crippen molar-refractivity contribution < 1.29 is 9.59 Å². The Labute approximate surface area is 193 Å². The van der Waals surface area contributed by atoms with E-state index in [4.69, 9.17) is 0 Å². The van der Waals surface area contributed by atoms with Crippen molar-refractivity contribution in [2.24, 2.45) is 0 Å². The van der Waals surface area contributed by atoms with Crippen molar-refractivity contribution in [3.63, 3.8) is 0 Å². The second-order valence-electron chi connectivity index (χ2n) is 9.18. The van der Waals surface area contributed by atoms with Crippen molar-refractivity contribution >= 4 is 17.5 Å². The van der Waals surface area contributed by atoms with Gasteiger partial charge in [-0.2, -0.15) is 0 Å². The fourth-order valence-electron chi connectivity index (χ4n) is 3.88. The smallest absolute Gasteiger partial charge is 0.270 e. The SMILES string of the molecule is CC(C)(C)NC(=O)C1=C(c2ccccc2)NC(Cc2cnc[nH]2)C(=O)N1Cc1ccccc1. The van der Waals surface area contributed by atoms with Crippen LogP contribution in [0, 0.1) is 0 Å². The third-order valence-corrected chi connectivity index (χ3v) is 5.32. The van der Waals surface area contributed by atoms with Crippen LogP contribution in [0.1, 0.15) is 37.6 Å². The third-order valence-electron chi connectivity index (χ3n) is 5.32. The summed E-state index contributed by atoms with van der Waals surface area (Å²) >= 11 is 0. The van der Waals surface area contributed by atoms with E-state index >= 15 is 0 Å². The van der Waals surface area contributed by atoms with Gasteiger partial charge in [0, 0.05) is 23.9 Å². The molecule has 2 amide bonds. The largest absolute Gasteiger partial charge is 0.371 e. The molecule has 0 saturated carbocycles. The number of aromatic nitrogens is 2. The Bertz CT molecular complexity index is 1130. The molecule has 3 N–H and O–H groups in total. The zero-order valence-corrected chi connectivity index (χ0v) is 19.1. The molecule has 1 aliphatic heterocycles. The monoisotopic (exact) mass is 443 g/mol. The maximum Gasteiger partial charge on any atom is 0.270 e. The van der Waals surface area contributed by atoms with Gasteiger partial charge in [-0.1, -0.05) is 60.7 Å². The van der Waals surface area contributed by atoms with Crippen LogP contribution < -0.4 is 10.6 Å². The number of nitrogens with zero attached hydrogens (tertiary/aromatic N) is 2. The predicted octanol–water partition coefficient (Wildman–Crippen LogP) is 3.24. The van der Waals surface area contributed by atoms with E-state index in [2.05, 4.69) is 20.6 Å². The van der Waals surface area contributed by atoms with E-state index in [9.17, 15) is 9.59 Å². The van der Waals surface area contributed by atoms with E-state index in [-0.39, 0.29) is 11.8 Å². The first-order valence-corrected chi connectivity index (χ1v) is 11.0. The highest BCUT2D eigenvalue weighted by Crippen LogP contribution is 2.28. The number of rotatable bonds is 6. The van der Waals surface area contributed by atoms with Crippen molar-refractivity contribution in [3.05, 3.63) is 95.7 Å². The summed E-state index contributed by atoms with van der Waals surface area (Å²) in [6, 6.07) is 18.8. The molecule has 0 spiro atoms. The van der Waals surface area contributed by atoms with Crippen molar-refractivity contribution in [1.82, 2.24) is 25.5 Å². The molecule has 1 atom stereocenters. The standard InChI is InChI=1S/C26H29N5O2/c1-26(2,3)30-24(32)23-22(19-12-8-5-9-13-19)29-21(14-20-15-27-17-28-20)25(33)31(23)16-18-10-6-4-7-11-18/h4-13,15,17,21,29H,14,16H2,1-3H3,(H,27,28)(H,30,32). The number of carbonyl (C=O) groups is 2. The van der Waals surface area contributed by atoms with Crippen molar-refractivity contribution in [2.75, 3.05) is 0 Å². The summed E-state index contributed by atoms with van der Waals surface area (Å²) in [6.07, 6.45) is 3.74. The zero-order chi connectivity index (χ0) is 23.4. The van der Waals surface area contributed by atoms with Crippen LogP contribution in [-0.2, 0) is 22.6 Å². The number of amides is 2. The Morgan fingerprint density at radius 3 is 2.33 bits per heavy atom. The minimum absolute atomic E-state index is 0.160. The van der Waals surface area contributed by atoms with Crippen LogP contribution in [0.3, 0.4) is 0 Å². The molecular weight excluding hydrogens is 414 g/mol. The molecule has 170 valence electrons. The topological polar surface area (TPSA) is 90.1 Å². The lowest BCUT2D eigenvalue weighted by Crippen LogP contribution is -2.55. The number of carbonyl (C=O) groups excluding carboxylic acids is 2. The average Bonchev–Trinajstić information content (AvgIpc) is 3.29. The van der Waals surface area contributed by atoms with Gasteiger partial charge in [0.25, 0.3) is 5.91 Å². The second kappa shape index (κ2) is 9.32. The number of hydrogen-bond donors (Lipinski definition) is 3. The summed E-state index contributed by atoms with van der Waals surface area (Å²) in [4.78, 5) is 36.0. The van der Waals surface area contributed by atoms with Crippen LogP contribution in [0.5, 0.6) is 0 Å². The highest BCUT2D eigenvalue weighted by molar-refractivity contribution is 6.07. The van der Waals surface area contributed by atoms with Gasteiger partial charge in [-0.05, 0) is 31.9 Å². The zero-order valence-electron chi connectivity index (χ0n) is 19.1. The molecule has 7 nitrogen and oxygen atoms in total. The van der Waals surface area contributed by atoms with Gasteiger partial charge in [0.1, 0.15) is 11.7 Å². The normalized spacial score (nSPS) is 16.5. The highest BCUT2D eigenvalue weighted by atomic mass is 16.2. The van der Waals surface area contributed by atoms with E-state index in [1.807, 2.05) is 81.4 Å². The van der Waals surface area contributed by atoms with Crippen LogP contribution in [0.25, 0.3) is 5.70 Å². The van der Waals surface area contributed by atoms with Gasteiger partial charge in [0.15, 0.2) is 0 Å². The average molecular weight is 444 g/mol. The molecule has 0 bridgehead atoms. The van der Waals surface area contributed by atoms with Gasteiger partial charge in [0.2, 0.25) is 5.91 Å². The summed E-state index contributed by atoms with van der Waals surface area (Å²) in [5.41, 5.74) is 3.14. The fraction of sp³-hybridized carbons (Fsp3) is 0.269. The van der Waals surface area contributed by atoms with Crippen LogP contribution in [-0.4, -0.2) is 38.3 Å². The summed E-state index contributed by atoms with van der Waals surface area (Å²) in [6.45, 7) is 6.07. The Hall–Kier alpha value is -3.87. The minimum Gasteiger partial charge on any atom is -0.371 e. The molecule has 1 aliphatic rings. The molecule has 4 rings (SSSR count). The highest BCUT2D eigenvalue weighted by Gasteiger charge is 2.39. The Kier molecular flexibility index (Phi) is 6.31. The molecule has 0 aliphatic carbocycles. The predicted molar refractivity (Wildman–Crippen MR) is 127 cm³/mol. The van der Waals surface area contributed by atoms with Crippen LogP contribution in [0.15, 0.2) is 78.9 Å². The lowest BCUT2D eigenvalue weighted by atomic mass is 9.99. The van der Waals surface area contributed by atoms with Gasteiger partial charge in [0.05, 0.1) is 18.6 Å². The summed E-state index contributed by atoms with van der Waals surface area (Å²) in [5, 5.41) is 6.41. The molecule has 0 saturated heterocycles. The van der Waals surface area contributed by atoms with Crippen LogP contribution in [0.2, 0.25) is 0 Å². The quantitative estimate of drug-likeness (QED) is 0.546. The first-order valence-electron chi connectivity index (χ1n) is 11.0. The number of aromatic amines is 1. The van der Waals surface area contributed by atoms with E-state index in [1.54, 1.807) is 17.4 Å². The molecule has 0 fully saturated rings. The molecular formula is C26H29N5O2. The van der Waals surface area contributed by atoms with Gasteiger partial charge >= 0.3 is 0 Å². The van der Waals surface area contributed by atoms with Gasteiger partial charge < -0.3 is 15.6 Å². The summed E-state index contributed by atoms with van der Waals surface area (Å²) in [7, 11) is 0. The first kappa shape index (κ1) is 22.3. The maximum absolute atomic E-state index is 13.7. The van der Waals surface area contributed by atoms with E-state index < -0.39 is 11.6 Å². The fourth-order valence-corrected chi connectivity index (χ4v) is 3.88. The molecule has 3 aromatic rings. The third kappa shape index (κ3) is 5.31. The van der Waals surface area contributed by atoms with Crippen LogP contribution >= 0.6 is 0 Å². The van der Waals surface area contributed by atoms with Gasteiger partial charge in [-0.3, -0.25) is 14.5 Å². The minimum atomic E-state index is -0.546. The molecule has 7 heteroatoms. The maximum atomic E-state index is 13.7. The lowest BCUT2D eigenvalue weighted by molar-refractivity contribution is -0.135. The lowest BCUT2D eigenvalue weighted by Gasteiger charge is -2.38. The molecule has 33 heavy (non-hydrogen) atoms. The molecule has 0 radical (unpaired) electrons. The van der Waals surface area contributed by atoms with Gasteiger partial charge in [-0.15, -0.1) is 0 Å². The molecule has 1 unspecified atom stereocenters. The van der Waals surface area contributed by atoms with Gasteiger partial charge in [-0.25, -0.2) is 4.98 Å². The van der Waals surface area contributed by atoms with Crippen molar-refractivity contribution in [3.8, 4) is 0 Å². The molecule has 2 aromatic carbocycles. The number of benzene rings is 2. The Balaban J connectivity index is 1.83. The summed E-state index contributed by atoms with van der Waals surface area (Å²) < 4.78 is 0. The Morgan fingerprint density at radius 1 is 1.06 bits per heavy atom. The number of nitrogens with one attached hydrogen (secondary N) is 3. The summed E-state index contributed by atoms with van der Waals surface area (Å²) in [5.74, 6) is -0.453. The van der Waals surface area contributed by atoms with E-state index in [1.165, 1.54) is 0 Å². The molecule has 1 aromatic heterocycles. The van der Waals surface area contributed by atoms with E-state index in [0.29, 0.717) is 24.4 Å². The van der Waals surface area contributed by atoms with Crippen LogP contribution in [0.4, 0.5) is 0 Å². The van der Waals surface area contributed by atoms with E-state index in [0.717, 1.165) is 16.8 Å².